The van der Waals surface area contributed by atoms with Crippen LogP contribution in [-0.2, 0) is 0 Å². The lowest BCUT2D eigenvalue weighted by Gasteiger charge is -2.38. The molecule has 126 valence electrons. The Bertz CT molecular complexity index is 650. The Labute approximate surface area is 158 Å². The van der Waals surface area contributed by atoms with Crippen LogP contribution in [0.4, 0.5) is 4.79 Å². The van der Waals surface area contributed by atoms with Crippen molar-refractivity contribution in [2.24, 2.45) is 0 Å². The first-order chi connectivity index (χ1) is 11.5. The van der Waals surface area contributed by atoms with E-state index in [0.29, 0.717) is 13.1 Å². The zero-order chi connectivity index (χ0) is 17.1. The number of benzene rings is 2. The van der Waals surface area contributed by atoms with Crippen molar-refractivity contribution < 1.29 is 9.90 Å². The fourth-order valence-electron chi connectivity index (χ4n) is 3.08. The highest BCUT2D eigenvalue weighted by Crippen LogP contribution is 2.31. The molecule has 2 aromatic carbocycles. The predicted octanol–water partition coefficient (Wildman–Crippen LogP) is 4.60. The maximum atomic E-state index is 11.1. The summed E-state index contributed by atoms with van der Waals surface area (Å²) in [5.74, 6) is 0. The van der Waals surface area contributed by atoms with Gasteiger partial charge in [-0.2, -0.15) is 0 Å². The van der Waals surface area contributed by atoms with Crippen molar-refractivity contribution in [3.8, 4) is 0 Å². The Balaban J connectivity index is 1.89. The van der Waals surface area contributed by atoms with Crippen LogP contribution in [0.3, 0.4) is 0 Å². The first kappa shape index (κ1) is 17.5. The molecule has 0 saturated carbocycles. The van der Waals surface area contributed by atoms with E-state index in [-0.39, 0.29) is 6.04 Å². The van der Waals surface area contributed by atoms with Crippen LogP contribution in [0.15, 0.2) is 57.5 Å². The Morgan fingerprint density at radius 2 is 1.25 bits per heavy atom. The molecule has 2 aromatic rings. The van der Waals surface area contributed by atoms with Crippen molar-refractivity contribution in [3.05, 3.63) is 68.6 Å². The smallest absolute Gasteiger partial charge is 0.407 e. The van der Waals surface area contributed by atoms with Crippen LogP contribution in [0.2, 0.25) is 0 Å². The molecule has 6 heteroatoms. The second-order valence-electron chi connectivity index (χ2n) is 5.81. The molecule has 0 aliphatic carbocycles. The number of rotatable bonds is 3. The van der Waals surface area contributed by atoms with Crippen LogP contribution in [0.5, 0.6) is 0 Å². The Morgan fingerprint density at radius 3 is 1.62 bits per heavy atom. The maximum absolute atomic E-state index is 11.1. The molecule has 24 heavy (non-hydrogen) atoms. The first-order valence-corrected chi connectivity index (χ1v) is 9.36. The van der Waals surface area contributed by atoms with Crippen molar-refractivity contribution >= 4 is 38.0 Å². The third-order valence-electron chi connectivity index (χ3n) is 4.32. The Kier molecular flexibility index (Phi) is 5.58. The third-order valence-corrected chi connectivity index (χ3v) is 5.38. The molecule has 0 atom stereocenters. The standard InChI is InChI=1S/C18H18Br2N2O2/c19-15-5-1-13(2-6-15)17(14-3-7-16(20)8-4-14)21-9-11-22(12-10-21)18(23)24/h1-8,17H,9-12H2,(H,23,24). The van der Waals surface area contributed by atoms with Crippen LogP contribution in [0.25, 0.3) is 0 Å². The van der Waals surface area contributed by atoms with E-state index < -0.39 is 6.09 Å². The van der Waals surface area contributed by atoms with Crippen molar-refractivity contribution in [2.75, 3.05) is 26.2 Å². The normalized spacial score (nSPS) is 15.7. The number of hydrogen-bond donors (Lipinski definition) is 1. The van der Waals surface area contributed by atoms with Crippen LogP contribution < -0.4 is 0 Å². The minimum atomic E-state index is -0.835. The summed E-state index contributed by atoms with van der Waals surface area (Å²) in [5, 5.41) is 9.16. The second-order valence-corrected chi connectivity index (χ2v) is 7.64. The molecule has 0 spiro atoms. The molecule has 4 nitrogen and oxygen atoms in total. The molecule has 3 rings (SSSR count). The first-order valence-electron chi connectivity index (χ1n) is 7.77. The van der Waals surface area contributed by atoms with Crippen molar-refractivity contribution in [2.45, 2.75) is 6.04 Å². The molecule has 0 radical (unpaired) electrons. The maximum Gasteiger partial charge on any atom is 0.407 e. The van der Waals surface area contributed by atoms with E-state index in [4.69, 9.17) is 5.11 Å². The topological polar surface area (TPSA) is 43.8 Å². The molecule has 0 unspecified atom stereocenters. The van der Waals surface area contributed by atoms with Gasteiger partial charge in [0.05, 0.1) is 6.04 Å². The molecule has 1 fully saturated rings. The van der Waals surface area contributed by atoms with Gasteiger partial charge < -0.3 is 10.0 Å². The molecule has 1 N–H and O–H groups in total. The van der Waals surface area contributed by atoms with E-state index in [1.165, 1.54) is 16.0 Å². The minimum Gasteiger partial charge on any atom is -0.465 e. The number of hydrogen-bond acceptors (Lipinski definition) is 2. The highest BCUT2D eigenvalue weighted by molar-refractivity contribution is 9.10. The summed E-state index contributed by atoms with van der Waals surface area (Å²) in [6.45, 7) is 2.53. The lowest BCUT2D eigenvalue weighted by molar-refractivity contribution is 0.0932. The highest BCUT2D eigenvalue weighted by atomic mass is 79.9. The monoisotopic (exact) mass is 452 g/mol. The van der Waals surface area contributed by atoms with Crippen LogP contribution in [0.1, 0.15) is 17.2 Å². The summed E-state index contributed by atoms with van der Waals surface area (Å²) in [6.07, 6.45) is -0.835. The fraction of sp³-hybridized carbons (Fsp3) is 0.278. The van der Waals surface area contributed by atoms with Gasteiger partial charge in [0.15, 0.2) is 0 Å². The van der Waals surface area contributed by atoms with Gasteiger partial charge in [0.25, 0.3) is 0 Å². The van der Waals surface area contributed by atoms with E-state index in [0.717, 1.165) is 22.0 Å². The van der Waals surface area contributed by atoms with Gasteiger partial charge in [0.1, 0.15) is 0 Å². The molecule has 1 saturated heterocycles. The third kappa shape index (κ3) is 3.99. The average molecular weight is 454 g/mol. The molecular formula is C18H18Br2N2O2. The quantitative estimate of drug-likeness (QED) is 0.738. The summed E-state index contributed by atoms with van der Waals surface area (Å²) in [4.78, 5) is 15.0. The van der Waals surface area contributed by atoms with Crippen molar-refractivity contribution in [3.63, 3.8) is 0 Å². The number of carbonyl (C=O) groups is 1. The number of nitrogens with zero attached hydrogens (tertiary/aromatic N) is 2. The summed E-state index contributed by atoms with van der Waals surface area (Å²) < 4.78 is 2.10. The molecule has 1 aliphatic rings. The Morgan fingerprint density at radius 1 is 0.833 bits per heavy atom. The number of carboxylic acid groups (broad SMARTS) is 1. The van der Waals surface area contributed by atoms with Gasteiger partial charge in [0.2, 0.25) is 0 Å². The van der Waals surface area contributed by atoms with Gasteiger partial charge >= 0.3 is 6.09 Å². The number of halogens is 2. The van der Waals surface area contributed by atoms with Crippen molar-refractivity contribution in [1.82, 2.24) is 9.80 Å². The molecule has 0 bridgehead atoms. The molecule has 1 aliphatic heterocycles. The molecule has 1 heterocycles. The van der Waals surface area contributed by atoms with Gasteiger partial charge in [-0.05, 0) is 35.4 Å². The summed E-state index contributed by atoms with van der Waals surface area (Å²) in [7, 11) is 0. The van der Waals surface area contributed by atoms with Gasteiger partial charge in [-0.15, -0.1) is 0 Å². The fourth-order valence-corrected chi connectivity index (χ4v) is 3.60. The summed E-state index contributed by atoms with van der Waals surface area (Å²) in [6, 6.07) is 16.8. The number of piperazine rings is 1. The van der Waals surface area contributed by atoms with Gasteiger partial charge in [-0.3, -0.25) is 4.90 Å². The van der Waals surface area contributed by atoms with Crippen molar-refractivity contribution in [1.29, 1.82) is 0 Å². The van der Waals surface area contributed by atoms with Gasteiger partial charge in [-0.25, -0.2) is 4.79 Å². The summed E-state index contributed by atoms with van der Waals surface area (Å²) in [5.41, 5.74) is 2.42. The minimum absolute atomic E-state index is 0.127. The van der Waals surface area contributed by atoms with Crippen LogP contribution in [-0.4, -0.2) is 47.2 Å². The summed E-state index contributed by atoms with van der Waals surface area (Å²) >= 11 is 6.98. The number of amides is 1. The highest BCUT2D eigenvalue weighted by Gasteiger charge is 2.27. The van der Waals surface area contributed by atoms with E-state index in [1.807, 2.05) is 0 Å². The van der Waals surface area contributed by atoms with Crippen LogP contribution >= 0.6 is 31.9 Å². The zero-order valence-corrected chi connectivity index (χ0v) is 16.2. The lowest BCUT2D eigenvalue weighted by Crippen LogP contribution is -2.49. The zero-order valence-electron chi connectivity index (χ0n) is 13.0. The van der Waals surface area contributed by atoms with E-state index in [1.54, 1.807) is 0 Å². The Hall–Kier alpha value is -1.37. The largest absolute Gasteiger partial charge is 0.465 e. The van der Waals surface area contributed by atoms with Crippen LogP contribution in [0, 0.1) is 0 Å². The SMILES string of the molecule is O=C(O)N1CCN(C(c2ccc(Br)cc2)c2ccc(Br)cc2)CC1. The molecular weight excluding hydrogens is 436 g/mol. The van der Waals surface area contributed by atoms with E-state index >= 15 is 0 Å². The van der Waals surface area contributed by atoms with E-state index in [9.17, 15) is 4.79 Å². The predicted molar refractivity (Wildman–Crippen MR) is 101 cm³/mol. The second kappa shape index (κ2) is 7.68. The average Bonchev–Trinajstić information content (AvgIpc) is 2.59. The lowest BCUT2D eigenvalue weighted by atomic mass is 9.96. The molecule has 0 aromatic heterocycles. The van der Waals surface area contributed by atoms with Gasteiger partial charge in [-0.1, -0.05) is 56.1 Å². The van der Waals surface area contributed by atoms with E-state index in [2.05, 4.69) is 85.3 Å². The molecule has 1 amide bonds. The van der Waals surface area contributed by atoms with Gasteiger partial charge in [0, 0.05) is 35.1 Å².